The third kappa shape index (κ3) is 3.81. The molecule has 2 N–H and O–H groups in total. The summed E-state index contributed by atoms with van der Waals surface area (Å²) in [5.74, 6) is 0.207. The summed E-state index contributed by atoms with van der Waals surface area (Å²) in [6.07, 6.45) is 1.68. The van der Waals surface area contributed by atoms with Crippen molar-refractivity contribution < 1.29 is 9.21 Å². The van der Waals surface area contributed by atoms with E-state index in [9.17, 15) is 4.79 Å². The Morgan fingerprint density at radius 1 is 0.969 bits per heavy atom. The molecule has 2 aromatic heterocycles. The van der Waals surface area contributed by atoms with E-state index in [1.165, 1.54) is 0 Å². The van der Waals surface area contributed by atoms with Crippen molar-refractivity contribution in [2.45, 2.75) is 6.92 Å². The van der Waals surface area contributed by atoms with Crippen LogP contribution in [0.2, 0.25) is 0 Å². The Morgan fingerprint density at radius 2 is 1.81 bits per heavy atom. The lowest BCUT2D eigenvalue weighted by Crippen LogP contribution is -2.34. The predicted molar refractivity (Wildman–Crippen MR) is 130 cm³/mol. The molecular formula is C25H18N4O2S. The van der Waals surface area contributed by atoms with Crippen molar-refractivity contribution in [3.63, 3.8) is 0 Å². The second kappa shape index (κ2) is 8.20. The molecule has 2 heterocycles. The first-order valence-corrected chi connectivity index (χ1v) is 10.4. The van der Waals surface area contributed by atoms with Gasteiger partial charge in [0.2, 0.25) is 5.89 Å². The molecule has 0 spiro atoms. The van der Waals surface area contributed by atoms with E-state index in [4.69, 9.17) is 16.6 Å². The lowest BCUT2D eigenvalue weighted by Gasteiger charge is -2.13. The maximum absolute atomic E-state index is 12.7. The number of rotatable bonds is 3. The van der Waals surface area contributed by atoms with E-state index in [2.05, 4.69) is 20.6 Å². The van der Waals surface area contributed by atoms with Gasteiger partial charge in [-0.3, -0.25) is 10.1 Å². The van der Waals surface area contributed by atoms with Gasteiger partial charge in [-0.2, -0.15) is 4.98 Å². The number of nitrogens with zero attached hydrogens (tertiary/aromatic N) is 2. The van der Waals surface area contributed by atoms with Crippen molar-refractivity contribution in [3.8, 4) is 11.5 Å². The molecule has 0 saturated heterocycles. The number of fused-ring (bicyclic) bond motifs is 2. The fourth-order valence-corrected chi connectivity index (χ4v) is 3.75. The van der Waals surface area contributed by atoms with E-state index < -0.39 is 0 Å². The minimum absolute atomic E-state index is 0.211. The van der Waals surface area contributed by atoms with Crippen LogP contribution in [-0.2, 0) is 0 Å². The number of aromatic nitrogens is 2. The number of anilines is 1. The Hall–Kier alpha value is -4.10. The van der Waals surface area contributed by atoms with Gasteiger partial charge in [0.25, 0.3) is 5.91 Å². The molecule has 5 rings (SSSR count). The zero-order chi connectivity index (χ0) is 22.1. The minimum atomic E-state index is -0.271. The molecular weight excluding hydrogens is 420 g/mol. The van der Waals surface area contributed by atoms with Gasteiger partial charge in [-0.25, -0.2) is 4.98 Å². The van der Waals surface area contributed by atoms with Crippen molar-refractivity contribution in [2.24, 2.45) is 0 Å². The Labute approximate surface area is 189 Å². The predicted octanol–water partition coefficient (Wildman–Crippen LogP) is 5.48. The molecule has 32 heavy (non-hydrogen) atoms. The topological polar surface area (TPSA) is 80.0 Å². The summed E-state index contributed by atoms with van der Waals surface area (Å²) in [4.78, 5) is 21.4. The Balaban J connectivity index is 1.34. The number of carbonyl (C=O) groups excluding carboxylic acids is 1. The number of oxazole rings is 1. The Kier molecular flexibility index (Phi) is 5.09. The van der Waals surface area contributed by atoms with Gasteiger partial charge in [0.05, 0.1) is 0 Å². The van der Waals surface area contributed by atoms with Gasteiger partial charge in [0.15, 0.2) is 16.3 Å². The molecule has 6 nitrogen and oxygen atoms in total. The van der Waals surface area contributed by atoms with Gasteiger partial charge in [-0.05, 0) is 71.9 Å². The number of nitrogens with one attached hydrogen (secondary N) is 2. The highest BCUT2D eigenvalue weighted by Gasteiger charge is 2.15. The first-order valence-electron chi connectivity index (χ1n) is 10.0. The van der Waals surface area contributed by atoms with Gasteiger partial charge in [-0.15, -0.1) is 0 Å². The molecule has 3 aromatic carbocycles. The molecule has 0 unspecified atom stereocenters. The van der Waals surface area contributed by atoms with Crippen LogP contribution in [0.1, 0.15) is 15.9 Å². The fourth-order valence-electron chi connectivity index (χ4n) is 3.55. The number of carbonyl (C=O) groups is 1. The van der Waals surface area contributed by atoms with Crippen LogP contribution >= 0.6 is 12.2 Å². The van der Waals surface area contributed by atoms with Crippen molar-refractivity contribution in [3.05, 3.63) is 90.1 Å². The SMILES string of the molecule is Cc1c(NC(=S)NC(=O)c2ccc3ccccc3c2)cccc1-c1nc2ncccc2o1. The lowest BCUT2D eigenvalue weighted by molar-refractivity contribution is 0.0978. The second-order valence-corrected chi connectivity index (χ2v) is 7.70. The van der Waals surface area contributed by atoms with Crippen molar-refractivity contribution in [2.75, 3.05) is 5.32 Å². The molecule has 0 aliphatic rings. The number of hydrogen-bond acceptors (Lipinski definition) is 5. The van der Waals surface area contributed by atoms with Crippen molar-refractivity contribution in [1.29, 1.82) is 0 Å². The van der Waals surface area contributed by atoms with E-state index in [0.29, 0.717) is 22.7 Å². The molecule has 5 aromatic rings. The largest absolute Gasteiger partial charge is 0.434 e. The smallest absolute Gasteiger partial charge is 0.257 e. The monoisotopic (exact) mass is 438 g/mol. The van der Waals surface area contributed by atoms with Crippen LogP contribution in [0.5, 0.6) is 0 Å². The zero-order valence-corrected chi connectivity index (χ0v) is 17.9. The van der Waals surface area contributed by atoms with Crippen LogP contribution in [0, 0.1) is 6.92 Å². The number of benzene rings is 3. The maximum atomic E-state index is 12.7. The average molecular weight is 439 g/mol. The molecule has 0 bridgehead atoms. The molecule has 0 fully saturated rings. The summed E-state index contributed by atoms with van der Waals surface area (Å²) in [5.41, 5.74) is 4.17. The summed E-state index contributed by atoms with van der Waals surface area (Å²) >= 11 is 5.39. The number of amides is 1. The van der Waals surface area contributed by atoms with E-state index >= 15 is 0 Å². The van der Waals surface area contributed by atoms with Crippen LogP contribution in [0.3, 0.4) is 0 Å². The summed E-state index contributed by atoms with van der Waals surface area (Å²) < 4.78 is 5.85. The van der Waals surface area contributed by atoms with Gasteiger partial charge >= 0.3 is 0 Å². The minimum Gasteiger partial charge on any atom is -0.434 e. The molecule has 0 aliphatic carbocycles. The molecule has 7 heteroatoms. The Bertz CT molecular complexity index is 1460. The second-order valence-electron chi connectivity index (χ2n) is 7.29. The van der Waals surface area contributed by atoms with Crippen LogP contribution < -0.4 is 10.6 Å². The molecule has 156 valence electrons. The first kappa shape index (κ1) is 19.8. The summed E-state index contributed by atoms with van der Waals surface area (Å²) in [5, 5.41) is 8.14. The first-order chi connectivity index (χ1) is 15.6. The highest BCUT2D eigenvalue weighted by Crippen LogP contribution is 2.30. The summed E-state index contributed by atoms with van der Waals surface area (Å²) in [6, 6.07) is 22.7. The number of thiocarbonyl (C=S) groups is 1. The zero-order valence-electron chi connectivity index (χ0n) is 17.1. The normalized spacial score (nSPS) is 10.9. The molecule has 0 aliphatic heterocycles. The van der Waals surface area contributed by atoms with E-state index in [1.54, 1.807) is 18.3 Å². The maximum Gasteiger partial charge on any atom is 0.257 e. The van der Waals surface area contributed by atoms with Crippen LogP contribution in [0.15, 0.2) is 83.4 Å². The highest BCUT2D eigenvalue weighted by atomic mass is 32.1. The van der Waals surface area contributed by atoms with Crippen molar-refractivity contribution in [1.82, 2.24) is 15.3 Å². The summed E-state index contributed by atoms with van der Waals surface area (Å²) in [6.45, 7) is 1.94. The van der Waals surface area contributed by atoms with Gasteiger partial charge in [0, 0.05) is 23.0 Å². The van der Waals surface area contributed by atoms with E-state index in [1.807, 2.05) is 67.6 Å². The molecule has 0 radical (unpaired) electrons. The molecule has 0 atom stereocenters. The van der Waals surface area contributed by atoms with Gasteiger partial charge in [-0.1, -0.05) is 36.4 Å². The van der Waals surface area contributed by atoms with Crippen molar-refractivity contribution >= 4 is 50.9 Å². The third-order valence-corrected chi connectivity index (χ3v) is 5.42. The van der Waals surface area contributed by atoms with E-state index in [-0.39, 0.29) is 11.0 Å². The van der Waals surface area contributed by atoms with Gasteiger partial charge < -0.3 is 9.73 Å². The van der Waals surface area contributed by atoms with E-state index in [0.717, 1.165) is 27.6 Å². The van der Waals surface area contributed by atoms with Crippen LogP contribution in [-0.4, -0.2) is 21.0 Å². The van der Waals surface area contributed by atoms with Crippen LogP contribution in [0.25, 0.3) is 33.5 Å². The van der Waals surface area contributed by atoms with Crippen LogP contribution in [0.4, 0.5) is 5.69 Å². The summed E-state index contributed by atoms with van der Waals surface area (Å²) in [7, 11) is 0. The quantitative estimate of drug-likeness (QED) is 0.363. The lowest BCUT2D eigenvalue weighted by atomic mass is 10.1. The molecule has 1 amide bonds. The third-order valence-electron chi connectivity index (χ3n) is 5.22. The fraction of sp³-hybridized carbons (Fsp3) is 0.0400. The Morgan fingerprint density at radius 3 is 2.66 bits per heavy atom. The highest BCUT2D eigenvalue weighted by molar-refractivity contribution is 7.80. The number of hydrogen-bond donors (Lipinski definition) is 2. The standard InChI is InChI=1S/C25H18N4O2S/c1-15-19(24-28-22-21(31-24)10-5-13-26-22)8-4-9-20(15)27-25(32)29-23(30)18-12-11-16-6-2-3-7-17(16)14-18/h2-14H,1H3,(H2,27,29,30,32). The number of pyridine rings is 1. The average Bonchev–Trinajstić information content (AvgIpc) is 3.24. The van der Waals surface area contributed by atoms with Gasteiger partial charge in [0.1, 0.15) is 0 Å². The molecule has 0 saturated carbocycles.